The van der Waals surface area contributed by atoms with Crippen LogP contribution in [-0.2, 0) is 4.74 Å². The minimum atomic E-state index is -1.31. The lowest BCUT2D eigenvalue weighted by molar-refractivity contribution is -0.0532. The lowest BCUT2D eigenvalue weighted by Crippen LogP contribution is -2.38. The minimum Gasteiger partial charge on any atom is -0.394 e. The van der Waals surface area contributed by atoms with Crippen molar-refractivity contribution in [1.82, 2.24) is 9.55 Å². The number of azide groups is 1. The summed E-state index contributed by atoms with van der Waals surface area (Å²) in [6, 6.07) is -1.02. The van der Waals surface area contributed by atoms with Gasteiger partial charge >= 0.3 is 5.69 Å². The number of aliphatic hydroxyl groups excluding tert-OH is 2. The molecule has 1 saturated heterocycles. The first-order valence-corrected chi connectivity index (χ1v) is 5.80. The van der Waals surface area contributed by atoms with E-state index < -0.39 is 42.3 Å². The van der Waals surface area contributed by atoms with E-state index in [1.807, 2.05) is 0 Å². The highest BCUT2D eigenvalue weighted by molar-refractivity contribution is 5.04. The van der Waals surface area contributed by atoms with E-state index in [0.29, 0.717) is 0 Å². The van der Waals surface area contributed by atoms with Crippen LogP contribution in [0.15, 0.2) is 20.9 Å². The van der Waals surface area contributed by atoms with Crippen LogP contribution in [0.5, 0.6) is 0 Å². The Kier molecular flexibility index (Phi) is 3.91. The van der Waals surface area contributed by atoms with Gasteiger partial charge in [0, 0.05) is 16.7 Å². The Hall–Kier alpha value is -2.13. The molecule has 1 aromatic heterocycles. The summed E-state index contributed by atoms with van der Waals surface area (Å²) in [6.45, 7) is 1.01. The van der Waals surface area contributed by atoms with E-state index in [1.54, 1.807) is 0 Å². The molecule has 1 aliphatic heterocycles. The van der Waals surface area contributed by atoms with Crippen molar-refractivity contribution in [2.24, 2.45) is 5.11 Å². The number of ether oxygens (including phenoxy) is 1. The summed E-state index contributed by atoms with van der Waals surface area (Å²) in [5, 5.41) is 22.6. The number of aromatic amines is 1. The molecule has 0 amide bonds. The molecule has 0 radical (unpaired) electrons. The number of aliphatic hydroxyl groups is 2. The Bertz CT molecular complexity index is 661. The average Bonchev–Trinajstić information content (AvgIpc) is 2.72. The van der Waals surface area contributed by atoms with Crippen LogP contribution < -0.4 is 11.2 Å². The van der Waals surface area contributed by atoms with E-state index >= 15 is 0 Å². The highest BCUT2D eigenvalue weighted by Crippen LogP contribution is 2.30. The van der Waals surface area contributed by atoms with Crippen LogP contribution in [0.4, 0.5) is 0 Å². The number of hydrogen-bond acceptors (Lipinski definition) is 6. The quantitative estimate of drug-likeness (QED) is 0.360. The van der Waals surface area contributed by atoms with Gasteiger partial charge in [0.15, 0.2) is 6.23 Å². The van der Waals surface area contributed by atoms with Gasteiger partial charge in [0.1, 0.15) is 6.10 Å². The molecule has 1 aromatic rings. The molecule has 1 aliphatic rings. The molecule has 0 aliphatic carbocycles. The van der Waals surface area contributed by atoms with E-state index in [9.17, 15) is 14.7 Å². The molecule has 2 heterocycles. The normalized spacial score (nSPS) is 29.1. The maximum absolute atomic E-state index is 11.7. The third-order valence-corrected chi connectivity index (χ3v) is 3.12. The van der Waals surface area contributed by atoms with Crippen LogP contribution in [0, 0.1) is 6.92 Å². The molecule has 0 spiro atoms. The van der Waals surface area contributed by atoms with Gasteiger partial charge in [-0.3, -0.25) is 14.3 Å². The van der Waals surface area contributed by atoms with Crippen molar-refractivity contribution in [2.75, 3.05) is 6.61 Å². The van der Waals surface area contributed by atoms with Crippen molar-refractivity contribution in [3.8, 4) is 0 Å². The second-order valence-corrected chi connectivity index (χ2v) is 4.41. The number of rotatable bonds is 3. The lowest BCUT2D eigenvalue weighted by atomic mass is 10.1. The van der Waals surface area contributed by atoms with Gasteiger partial charge in [0.05, 0.1) is 18.8 Å². The molecule has 2 rings (SSSR count). The smallest absolute Gasteiger partial charge is 0.330 e. The Balaban J connectivity index is 2.44. The van der Waals surface area contributed by atoms with Gasteiger partial charge in [0.25, 0.3) is 5.56 Å². The summed E-state index contributed by atoms with van der Waals surface area (Å²) in [5.74, 6) is 0. The molecule has 1 unspecified atom stereocenters. The first-order chi connectivity index (χ1) is 9.49. The Labute approximate surface area is 111 Å². The molecule has 10 nitrogen and oxygen atoms in total. The number of nitrogens with zero attached hydrogens (tertiary/aromatic N) is 4. The second kappa shape index (κ2) is 5.47. The second-order valence-electron chi connectivity index (χ2n) is 4.41. The topological polar surface area (TPSA) is 153 Å². The van der Waals surface area contributed by atoms with Crippen LogP contribution in [0.1, 0.15) is 11.8 Å². The van der Waals surface area contributed by atoms with Gasteiger partial charge in [-0.25, -0.2) is 4.79 Å². The molecule has 0 saturated carbocycles. The summed E-state index contributed by atoms with van der Waals surface area (Å²) in [4.78, 5) is 27.7. The molecule has 20 heavy (non-hydrogen) atoms. The predicted molar refractivity (Wildman–Crippen MR) is 66.0 cm³/mol. The third-order valence-electron chi connectivity index (χ3n) is 3.12. The van der Waals surface area contributed by atoms with Gasteiger partial charge in [-0.05, 0) is 12.5 Å². The predicted octanol–water partition coefficient (Wildman–Crippen LogP) is -1.23. The van der Waals surface area contributed by atoms with E-state index in [2.05, 4.69) is 15.0 Å². The van der Waals surface area contributed by atoms with Crippen LogP contribution in [0.25, 0.3) is 10.4 Å². The van der Waals surface area contributed by atoms with Crippen molar-refractivity contribution < 1.29 is 14.9 Å². The summed E-state index contributed by atoms with van der Waals surface area (Å²) in [5.41, 5.74) is 7.40. The average molecular weight is 283 g/mol. The first kappa shape index (κ1) is 14.3. The highest BCUT2D eigenvalue weighted by atomic mass is 16.5. The Morgan fingerprint density at radius 1 is 1.60 bits per heavy atom. The van der Waals surface area contributed by atoms with E-state index in [-0.39, 0.29) is 5.56 Å². The van der Waals surface area contributed by atoms with Crippen molar-refractivity contribution in [3.05, 3.63) is 43.0 Å². The fraction of sp³-hybridized carbons (Fsp3) is 0.600. The molecule has 0 bridgehead atoms. The number of aryl methyl sites for hydroxylation is 1. The van der Waals surface area contributed by atoms with Gasteiger partial charge < -0.3 is 14.9 Å². The SMILES string of the molecule is Cc1cn([C@@H]2O[C@H](CO)[C@H](N=[N+]=[N-])C2O)c(=O)[nH]c1=O. The van der Waals surface area contributed by atoms with Crippen LogP contribution >= 0.6 is 0 Å². The number of H-pyrrole nitrogens is 1. The van der Waals surface area contributed by atoms with Gasteiger partial charge in [-0.15, -0.1) is 0 Å². The van der Waals surface area contributed by atoms with Crippen molar-refractivity contribution in [3.63, 3.8) is 0 Å². The van der Waals surface area contributed by atoms with Crippen molar-refractivity contribution >= 4 is 0 Å². The zero-order valence-corrected chi connectivity index (χ0v) is 10.5. The van der Waals surface area contributed by atoms with E-state index in [1.165, 1.54) is 13.1 Å². The standard InChI is InChI=1S/C10H13N5O5/c1-4-2-15(10(19)12-8(4)18)9-7(17)6(13-14-11)5(3-16)20-9/h2,5-7,9,16-17H,3H2,1H3,(H,12,18,19)/t5-,6+,7?,9-/m1/s1. The molecule has 1 fully saturated rings. The van der Waals surface area contributed by atoms with Gasteiger partial charge in [0.2, 0.25) is 0 Å². The molecular weight excluding hydrogens is 270 g/mol. The van der Waals surface area contributed by atoms with E-state index in [0.717, 1.165) is 4.57 Å². The number of aromatic nitrogens is 2. The summed E-state index contributed by atoms with van der Waals surface area (Å²) in [6.07, 6.45) is -2.15. The van der Waals surface area contributed by atoms with Gasteiger partial charge in [-0.2, -0.15) is 0 Å². The largest absolute Gasteiger partial charge is 0.394 e. The van der Waals surface area contributed by atoms with Crippen molar-refractivity contribution in [1.29, 1.82) is 0 Å². The highest BCUT2D eigenvalue weighted by Gasteiger charge is 2.44. The minimum absolute atomic E-state index is 0.258. The van der Waals surface area contributed by atoms with Crippen LogP contribution in [0.3, 0.4) is 0 Å². The zero-order valence-electron chi connectivity index (χ0n) is 10.5. The summed E-state index contributed by atoms with van der Waals surface area (Å²) in [7, 11) is 0. The maximum Gasteiger partial charge on any atom is 0.330 e. The summed E-state index contributed by atoms with van der Waals surface area (Å²) >= 11 is 0. The zero-order chi connectivity index (χ0) is 14.9. The Morgan fingerprint density at radius 3 is 2.90 bits per heavy atom. The van der Waals surface area contributed by atoms with E-state index in [4.69, 9.17) is 15.4 Å². The fourth-order valence-corrected chi connectivity index (χ4v) is 2.09. The van der Waals surface area contributed by atoms with Crippen LogP contribution in [0.2, 0.25) is 0 Å². The molecule has 4 atom stereocenters. The lowest BCUT2D eigenvalue weighted by Gasteiger charge is -2.17. The number of hydrogen-bond donors (Lipinski definition) is 3. The monoisotopic (exact) mass is 283 g/mol. The molecule has 0 aromatic carbocycles. The number of nitrogens with one attached hydrogen (secondary N) is 1. The fourth-order valence-electron chi connectivity index (χ4n) is 2.09. The maximum atomic E-state index is 11.7. The molecular formula is C10H13N5O5. The van der Waals surface area contributed by atoms with Crippen molar-refractivity contribution in [2.45, 2.75) is 31.4 Å². The Morgan fingerprint density at radius 2 is 2.30 bits per heavy atom. The summed E-state index contributed by atoms with van der Waals surface area (Å²) < 4.78 is 6.32. The first-order valence-electron chi connectivity index (χ1n) is 5.80. The third kappa shape index (κ3) is 2.32. The molecule has 10 heteroatoms. The van der Waals surface area contributed by atoms with Gasteiger partial charge in [-0.1, -0.05) is 5.11 Å². The molecule has 3 N–H and O–H groups in total. The molecule has 108 valence electrons. The van der Waals surface area contributed by atoms with Crippen LogP contribution in [-0.4, -0.2) is 44.6 Å².